The molecule has 0 aliphatic carbocycles. The minimum atomic E-state index is -0.574. The summed E-state index contributed by atoms with van der Waals surface area (Å²) in [5.74, 6) is 4.93. The van der Waals surface area contributed by atoms with Crippen molar-refractivity contribution < 1.29 is 13.9 Å². The van der Waals surface area contributed by atoms with Gasteiger partial charge in [0.05, 0.1) is 6.54 Å². The third kappa shape index (κ3) is 5.87. The second-order valence-corrected chi connectivity index (χ2v) is 4.98. The lowest BCUT2D eigenvalue weighted by Crippen LogP contribution is -2.32. The number of nitrogens with one attached hydrogen (secondary N) is 1. The van der Waals surface area contributed by atoms with Gasteiger partial charge >= 0.3 is 6.09 Å². The topological polar surface area (TPSA) is 51.2 Å². The van der Waals surface area contributed by atoms with Crippen molar-refractivity contribution in [3.63, 3.8) is 0 Å². The molecule has 1 rings (SSSR count). The summed E-state index contributed by atoms with van der Waals surface area (Å²) in [4.78, 5) is 14.8. The Hall–Kier alpha value is -2.09. The van der Waals surface area contributed by atoms with Crippen molar-refractivity contribution >= 4 is 6.09 Å². The Morgan fingerprint density at radius 3 is 2.84 bits per heavy atom. The number of pyridine rings is 1. The van der Waals surface area contributed by atoms with Crippen LogP contribution in [0.2, 0.25) is 0 Å². The number of halogens is 1. The fourth-order valence-electron chi connectivity index (χ4n) is 1.20. The number of alkyl carbamates (subject to hydrolysis) is 1. The highest BCUT2D eigenvalue weighted by Gasteiger charge is 2.14. The Kier molecular flexibility index (Phi) is 4.87. The molecular formula is C14H17FN2O2. The second kappa shape index (κ2) is 6.19. The summed E-state index contributed by atoms with van der Waals surface area (Å²) >= 11 is 0. The van der Waals surface area contributed by atoms with Crippen molar-refractivity contribution in [1.82, 2.24) is 10.3 Å². The van der Waals surface area contributed by atoms with Gasteiger partial charge in [0.2, 0.25) is 5.95 Å². The third-order valence-electron chi connectivity index (χ3n) is 2.01. The monoisotopic (exact) mass is 264 g/mol. The zero-order chi connectivity index (χ0) is 14.5. The van der Waals surface area contributed by atoms with Crippen LogP contribution in [0.15, 0.2) is 12.3 Å². The van der Waals surface area contributed by atoms with E-state index >= 15 is 0 Å². The molecule has 0 aliphatic rings. The average molecular weight is 264 g/mol. The smallest absolute Gasteiger partial charge is 0.408 e. The zero-order valence-corrected chi connectivity index (χ0v) is 11.5. The number of rotatable bonds is 1. The molecule has 1 aromatic heterocycles. The number of carbonyl (C=O) groups excluding carboxylic acids is 1. The van der Waals surface area contributed by atoms with Crippen molar-refractivity contribution in [3.05, 3.63) is 29.3 Å². The number of ether oxygens (including phenoxy) is 1. The van der Waals surface area contributed by atoms with E-state index in [1.807, 2.05) is 0 Å². The van der Waals surface area contributed by atoms with Crippen LogP contribution in [0.4, 0.5) is 9.18 Å². The van der Waals surface area contributed by atoms with Crippen LogP contribution < -0.4 is 5.32 Å². The van der Waals surface area contributed by atoms with E-state index < -0.39 is 17.6 Å². The normalized spacial score (nSPS) is 10.4. The standard InChI is InChI=1S/C14H17FN2O2/c1-10-9-17-12(15)8-11(10)6-5-7-16-13(18)19-14(2,3)4/h8-9H,7H2,1-4H3,(H,16,18). The quantitative estimate of drug-likeness (QED) is 0.626. The zero-order valence-electron chi connectivity index (χ0n) is 11.5. The van der Waals surface area contributed by atoms with E-state index in [-0.39, 0.29) is 6.54 Å². The first-order chi connectivity index (χ1) is 8.78. The highest BCUT2D eigenvalue weighted by Crippen LogP contribution is 2.06. The lowest BCUT2D eigenvalue weighted by atomic mass is 10.2. The van der Waals surface area contributed by atoms with Crippen LogP contribution in [0, 0.1) is 24.7 Å². The summed E-state index contributed by atoms with van der Waals surface area (Å²) in [6.45, 7) is 7.26. The van der Waals surface area contributed by atoms with E-state index in [0.717, 1.165) is 5.56 Å². The lowest BCUT2D eigenvalue weighted by molar-refractivity contribution is 0.0535. The molecule has 0 saturated carbocycles. The molecule has 0 unspecified atom stereocenters. The molecule has 4 nitrogen and oxygen atoms in total. The number of hydrogen-bond donors (Lipinski definition) is 1. The molecule has 5 heteroatoms. The van der Waals surface area contributed by atoms with Crippen LogP contribution in [0.25, 0.3) is 0 Å². The summed E-state index contributed by atoms with van der Waals surface area (Å²) in [6, 6.07) is 1.26. The van der Waals surface area contributed by atoms with Crippen LogP contribution >= 0.6 is 0 Å². The SMILES string of the molecule is Cc1cnc(F)cc1C#CCNC(=O)OC(C)(C)C. The number of aryl methyl sites for hydroxylation is 1. The van der Waals surface area contributed by atoms with Crippen LogP contribution in [0.1, 0.15) is 31.9 Å². The molecule has 0 aliphatic heterocycles. The molecule has 1 amide bonds. The Labute approximate surface area is 112 Å². The fourth-order valence-corrected chi connectivity index (χ4v) is 1.20. The van der Waals surface area contributed by atoms with Gasteiger partial charge in [-0.1, -0.05) is 11.8 Å². The number of carbonyl (C=O) groups is 1. The van der Waals surface area contributed by atoms with E-state index in [0.29, 0.717) is 5.56 Å². The van der Waals surface area contributed by atoms with Crippen LogP contribution in [0.5, 0.6) is 0 Å². The summed E-state index contributed by atoms with van der Waals surface area (Å²) < 4.78 is 17.9. The molecule has 0 bridgehead atoms. The Bertz CT molecular complexity index is 524. The molecule has 0 radical (unpaired) electrons. The highest BCUT2D eigenvalue weighted by molar-refractivity contribution is 5.68. The number of hydrogen-bond acceptors (Lipinski definition) is 3. The highest BCUT2D eigenvalue weighted by atomic mass is 19.1. The molecule has 1 heterocycles. The predicted molar refractivity (Wildman–Crippen MR) is 70.0 cm³/mol. The lowest BCUT2D eigenvalue weighted by Gasteiger charge is -2.19. The molecule has 1 aromatic rings. The van der Waals surface area contributed by atoms with E-state index in [2.05, 4.69) is 22.1 Å². The molecule has 0 atom stereocenters. The summed E-state index contributed by atoms with van der Waals surface area (Å²) in [5.41, 5.74) is 0.798. The second-order valence-electron chi connectivity index (χ2n) is 4.98. The van der Waals surface area contributed by atoms with Gasteiger partial charge < -0.3 is 10.1 Å². The van der Waals surface area contributed by atoms with E-state index in [9.17, 15) is 9.18 Å². The van der Waals surface area contributed by atoms with Crippen LogP contribution in [-0.4, -0.2) is 23.2 Å². The number of aromatic nitrogens is 1. The molecule has 0 aromatic carbocycles. The minimum absolute atomic E-state index is 0.137. The first-order valence-corrected chi connectivity index (χ1v) is 5.86. The van der Waals surface area contributed by atoms with Gasteiger partial charge in [0, 0.05) is 17.8 Å². The first-order valence-electron chi connectivity index (χ1n) is 5.86. The minimum Gasteiger partial charge on any atom is -0.444 e. The Morgan fingerprint density at radius 1 is 1.53 bits per heavy atom. The largest absolute Gasteiger partial charge is 0.444 e. The van der Waals surface area contributed by atoms with E-state index in [4.69, 9.17) is 4.74 Å². The van der Waals surface area contributed by atoms with E-state index in [1.54, 1.807) is 27.7 Å². The van der Waals surface area contributed by atoms with Gasteiger partial charge in [-0.15, -0.1) is 0 Å². The van der Waals surface area contributed by atoms with E-state index in [1.165, 1.54) is 12.3 Å². The molecule has 1 N–H and O–H groups in total. The molecule has 19 heavy (non-hydrogen) atoms. The van der Waals surface area contributed by atoms with Gasteiger partial charge in [-0.05, 0) is 33.3 Å². The molecule has 0 fully saturated rings. The van der Waals surface area contributed by atoms with Crippen molar-refractivity contribution in [2.45, 2.75) is 33.3 Å². The van der Waals surface area contributed by atoms with Gasteiger partial charge in [-0.3, -0.25) is 0 Å². The van der Waals surface area contributed by atoms with Crippen molar-refractivity contribution in [1.29, 1.82) is 0 Å². The van der Waals surface area contributed by atoms with Crippen molar-refractivity contribution in [2.24, 2.45) is 0 Å². The summed E-state index contributed by atoms with van der Waals surface area (Å²) in [6.07, 6.45) is 0.889. The van der Waals surface area contributed by atoms with Gasteiger partial charge in [0.25, 0.3) is 0 Å². The van der Waals surface area contributed by atoms with Crippen molar-refractivity contribution in [3.8, 4) is 11.8 Å². The Morgan fingerprint density at radius 2 is 2.21 bits per heavy atom. The first kappa shape index (κ1) is 15.0. The molecular weight excluding hydrogens is 247 g/mol. The molecule has 0 spiro atoms. The summed E-state index contributed by atoms with van der Waals surface area (Å²) in [5, 5.41) is 2.50. The number of amides is 1. The maximum Gasteiger partial charge on any atom is 0.408 e. The third-order valence-corrected chi connectivity index (χ3v) is 2.01. The van der Waals surface area contributed by atoms with Gasteiger partial charge in [-0.2, -0.15) is 4.39 Å². The maximum absolute atomic E-state index is 12.9. The number of nitrogens with zero attached hydrogens (tertiary/aromatic N) is 1. The van der Waals surface area contributed by atoms with Crippen LogP contribution in [0.3, 0.4) is 0 Å². The maximum atomic E-state index is 12.9. The molecule has 102 valence electrons. The molecule has 0 saturated heterocycles. The van der Waals surface area contributed by atoms with Gasteiger partial charge in [0.1, 0.15) is 5.60 Å². The summed E-state index contributed by atoms with van der Waals surface area (Å²) in [7, 11) is 0. The van der Waals surface area contributed by atoms with Crippen molar-refractivity contribution in [2.75, 3.05) is 6.54 Å². The van der Waals surface area contributed by atoms with Gasteiger partial charge in [-0.25, -0.2) is 9.78 Å². The Balaban J connectivity index is 2.52. The van der Waals surface area contributed by atoms with Crippen LogP contribution in [-0.2, 0) is 4.74 Å². The predicted octanol–water partition coefficient (Wildman–Crippen LogP) is 2.41. The van der Waals surface area contributed by atoms with Gasteiger partial charge in [0.15, 0.2) is 0 Å². The fraction of sp³-hybridized carbons (Fsp3) is 0.429. The average Bonchev–Trinajstić information content (AvgIpc) is 2.26.